The Bertz CT molecular complexity index is 330. The Morgan fingerprint density at radius 3 is 2.85 bits per heavy atom. The third-order valence-electron chi connectivity index (χ3n) is 1.82. The lowest BCUT2D eigenvalue weighted by Crippen LogP contribution is -2.30. The molecule has 0 aliphatic heterocycles. The van der Waals surface area contributed by atoms with Gasteiger partial charge in [0.1, 0.15) is 0 Å². The molecule has 0 aliphatic rings. The number of rotatable bonds is 3. The molecule has 0 fully saturated rings. The number of hydrogen-bond donors (Lipinski definition) is 1. The highest BCUT2D eigenvalue weighted by molar-refractivity contribution is 4.83. The molecule has 4 nitrogen and oxygen atoms in total. The van der Waals surface area contributed by atoms with Gasteiger partial charge >= 0.3 is 0 Å². The van der Waals surface area contributed by atoms with Crippen molar-refractivity contribution in [3.63, 3.8) is 0 Å². The van der Waals surface area contributed by atoms with Crippen LogP contribution in [0.25, 0.3) is 0 Å². The fourth-order valence-corrected chi connectivity index (χ4v) is 1.01. The fourth-order valence-electron chi connectivity index (χ4n) is 1.01. The maximum atomic E-state index is 11.3. The summed E-state index contributed by atoms with van der Waals surface area (Å²) in [5.74, 6) is 0. The van der Waals surface area contributed by atoms with Gasteiger partial charge < -0.3 is 5.11 Å². The third-order valence-corrected chi connectivity index (χ3v) is 1.82. The molecule has 0 aliphatic carbocycles. The van der Waals surface area contributed by atoms with Crippen LogP contribution in [0, 0.1) is 5.41 Å². The van der Waals surface area contributed by atoms with Crippen molar-refractivity contribution in [1.82, 2.24) is 9.55 Å². The minimum atomic E-state index is -0.285. The summed E-state index contributed by atoms with van der Waals surface area (Å²) in [5, 5.41) is 9.01. The summed E-state index contributed by atoms with van der Waals surface area (Å²) in [6, 6.07) is 1.41. The first-order valence-corrected chi connectivity index (χ1v) is 4.16. The predicted molar refractivity (Wildman–Crippen MR) is 49.4 cm³/mol. The molecule has 1 N–H and O–H groups in total. The normalized spacial score (nSPS) is 11.6. The highest BCUT2D eigenvalue weighted by Gasteiger charge is 2.17. The number of nitrogens with zero attached hydrogens (tertiary/aromatic N) is 2. The average Bonchev–Trinajstić information content (AvgIpc) is 2.09. The van der Waals surface area contributed by atoms with Gasteiger partial charge in [-0.25, -0.2) is 4.98 Å². The lowest BCUT2D eigenvalue weighted by atomic mass is 9.95. The minimum absolute atomic E-state index is 0.0499. The van der Waals surface area contributed by atoms with Crippen molar-refractivity contribution in [2.45, 2.75) is 20.4 Å². The van der Waals surface area contributed by atoms with Crippen molar-refractivity contribution in [2.24, 2.45) is 5.41 Å². The molecular weight excluding hydrogens is 168 g/mol. The standard InChI is InChI=1S/C9H14N2O2/c1-9(2,6-12)5-11-7-10-4-3-8(11)13/h3-4,7,12H,5-6H2,1-2H3. The molecule has 1 aromatic rings. The summed E-state index contributed by atoms with van der Waals surface area (Å²) in [6.07, 6.45) is 2.95. The summed E-state index contributed by atoms with van der Waals surface area (Å²) in [5.41, 5.74) is -0.371. The second-order valence-electron chi connectivity index (χ2n) is 3.87. The van der Waals surface area contributed by atoms with E-state index in [9.17, 15) is 4.79 Å². The molecule has 1 aromatic heterocycles. The monoisotopic (exact) mass is 182 g/mol. The Morgan fingerprint density at radius 2 is 2.31 bits per heavy atom. The van der Waals surface area contributed by atoms with Crippen LogP contribution in [0.4, 0.5) is 0 Å². The lowest BCUT2D eigenvalue weighted by molar-refractivity contribution is 0.139. The van der Waals surface area contributed by atoms with Gasteiger partial charge in [0.05, 0.1) is 6.33 Å². The van der Waals surface area contributed by atoms with E-state index in [0.29, 0.717) is 6.54 Å². The summed E-state index contributed by atoms with van der Waals surface area (Å²) >= 11 is 0. The fraction of sp³-hybridized carbons (Fsp3) is 0.556. The molecule has 0 saturated carbocycles. The van der Waals surface area contributed by atoms with E-state index in [0.717, 1.165) is 0 Å². The summed E-state index contributed by atoms with van der Waals surface area (Å²) in [4.78, 5) is 15.1. The van der Waals surface area contributed by atoms with E-state index < -0.39 is 0 Å². The van der Waals surface area contributed by atoms with Crippen molar-refractivity contribution < 1.29 is 5.11 Å². The summed E-state index contributed by atoms with van der Waals surface area (Å²) in [6.45, 7) is 4.32. The molecule has 0 unspecified atom stereocenters. The van der Waals surface area contributed by atoms with Gasteiger partial charge in [-0.3, -0.25) is 9.36 Å². The first-order valence-electron chi connectivity index (χ1n) is 4.16. The zero-order valence-electron chi connectivity index (χ0n) is 7.90. The van der Waals surface area contributed by atoms with Gasteiger partial charge in [-0.1, -0.05) is 13.8 Å². The van der Waals surface area contributed by atoms with E-state index in [-0.39, 0.29) is 17.6 Å². The Balaban J connectivity index is 2.87. The van der Waals surface area contributed by atoms with E-state index in [2.05, 4.69) is 4.98 Å². The maximum absolute atomic E-state index is 11.3. The van der Waals surface area contributed by atoms with E-state index >= 15 is 0 Å². The zero-order chi connectivity index (χ0) is 9.90. The van der Waals surface area contributed by atoms with Crippen LogP contribution in [0.15, 0.2) is 23.4 Å². The van der Waals surface area contributed by atoms with Crippen LogP contribution in [0.3, 0.4) is 0 Å². The van der Waals surface area contributed by atoms with Crippen LogP contribution in [0.2, 0.25) is 0 Å². The second kappa shape index (κ2) is 3.70. The lowest BCUT2D eigenvalue weighted by Gasteiger charge is -2.21. The Kier molecular flexibility index (Phi) is 2.83. The first kappa shape index (κ1) is 9.92. The second-order valence-corrected chi connectivity index (χ2v) is 3.87. The first-order chi connectivity index (χ1) is 6.05. The zero-order valence-corrected chi connectivity index (χ0v) is 7.90. The van der Waals surface area contributed by atoms with Crippen LogP contribution in [-0.2, 0) is 6.54 Å². The number of aliphatic hydroxyl groups excluding tert-OH is 1. The Morgan fingerprint density at radius 1 is 1.62 bits per heavy atom. The van der Waals surface area contributed by atoms with Gasteiger partial charge in [0, 0.05) is 30.8 Å². The quantitative estimate of drug-likeness (QED) is 0.729. The van der Waals surface area contributed by atoms with Gasteiger partial charge in [0.2, 0.25) is 0 Å². The van der Waals surface area contributed by atoms with Crippen LogP contribution in [-0.4, -0.2) is 21.3 Å². The number of hydrogen-bond acceptors (Lipinski definition) is 3. The Hall–Kier alpha value is -1.16. The molecule has 13 heavy (non-hydrogen) atoms. The highest BCUT2D eigenvalue weighted by atomic mass is 16.3. The average molecular weight is 182 g/mol. The molecule has 0 spiro atoms. The van der Waals surface area contributed by atoms with Crippen molar-refractivity contribution >= 4 is 0 Å². The Labute approximate surface area is 76.9 Å². The van der Waals surface area contributed by atoms with Crippen molar-refractivity contribution in [1.29, 1.82) is 0 Å². The van der Waals surface area contributed by atoms with Crippen LogP contribution in [0.5, 0.6) is 0 Å². The molecule has 4 heteroatoms. The van der Waals surface area contributed by atoms with Crippen LogP contribution in [0.1, 0.15) is 13.8 Å². The molecule has 72 valence electrons. The van der Waals surface area contributed by atoms with Crippen LogP contribution < -0.4 is 5.56 Å². The molecule has 0 aromatic carbocycles. The van der Waals surface area contributed by atoms with Gasteiger partial charge in [-0.2, -0.15) is 0 Å². The highest BCUT2D eigenvalue weighted by Crippen LogP contribution is 2.14. The topological polar surface area (TPSA) is 55.1 Å². The third kappa shape index (κ3) is 2.66. The molecule has 0 atom stereocenters. The molecule has 1 rings (SSSR count). The molecule has 0 radical (unpaired) electrons. The van der Waals surface area contributed by atoms with E-state index in [1.165, 1.54) is 23.2 Å². The van der Waals surface area contributed by atoms with E-state index in [1.54, 1.807) is 0 Å². The SMILES string of the molecule is CC(C)(CO)Cn1cnccc1=O. The predicted octanol–water partition coefficient (Wildman–Crippen LogP) is 0.262. The summed E-state index contributed by atoms with van der Waals surface area (Å²) < 4.78 is 1.50. The van der Waals surface area contributed by atoms with Crippen molar-refractivity contribution in [2.75, 3.05) is 6.61 Å². The van der Waals surface area contributed by atoms with Gasteiger partial charge in [-0.05, 0) is 0 Å². The van der Waals surface area contributed by atoms with E-state index in [4.69, 9.17) is 5.11 Å². The molecule has 0 saturated heterocycles. The van der Waals surface area contributed by atoms with Crippen molar-refractivity contribution in [3.05, 3.63) is 28.9 Å². The number of aliphatic hydroxyl groups is 1. The molecule has 0 bridgehead atoms. The maximum Gasteiger partial charge on any atom is 0.253 e. The molecular formula is C9H14N2O2. The van der Waals surface area contributed by atoms with Gasteiger partial charge in [0.25, 0.3) is 5.56 Å². The summed E-state index contributed by atoms with van der Waals surface area (Å²) in [7, 11) is 0. The van der Waals surface area contributed by atoms with Crippen LogP contribution >= 0.6 is 0 Å². The van der Waals surface area contributed by atoms with Gasteiger partial charge in [-0.15, -0.1) is 0 Å². The van der Waals surface area contributed by atoms with Gasteiger partial charge in [0.15, 0.2) is 0 Å². The molecule has 0 amide bonds. The van der Waals surface area contributed by atoms with E-state index in [1.807, 2.05) is 13.8 Å². The molecule has 1 heterocycles. The largest absolute Gasteiger partial charge is 0.396 e. The minimum Gasteiger partial charge on any atom is -0.396 e. The smallest absolute Gasteiger partial charge is 0.253 e. The van der Waals surface area contributed by atoms with Crippen molar-refractivity contribution in [3.8, 4) is 0 Å². The number of aromatic nitrogens is 2.